The van der Waals surface area contributed by atoms with Gasteiger partial charge >= 0.3 is 0 Å². The summed E-state index contributed by atoms with van der Waals surface area (Å²) < 4.78 is 5.62. The first-order valence-electron chi connectivity index (χ1n) is 8.00. The van der Waals surface area contributed by atoms with Gasteiger partial charge in [-0.1, -0.05) is 48.9 Å². The lowest BCUT2D eigenvalue weighted by Gasteiger charge is -2.24. The Balaban J connectivity index is 1.82. The summed E-state index contributed by atoms with van der Waals surface area (Å²) in [6.45, 7) is 4.81. The highest BCUT2D eigenvalue weighted by Gasteiger charge is 2.12. The number of hydrogen-bond acceptors (Lipinski definition) is 3. The smallest absolute Gasteiger partial charge is 0.119 e. The van der Waals surface area contributed by atoms with E-state index >= 15 is 0 Å². The molecular formula is C19H24ClNO2. The van der Waals surface area contributed by atoms with Crippen LogP contribution in [0.25, 0.3) is 0 Å². The van der Waals surface area contributed by atoms with Crippen LogP contribution in [0.15, 0.2) is 54.6 Å². The standard InChI is InChI=1S/C19H24ClNO2/c1-2-12-21(13-16-6-4-3-5-7-16)14-18(22)15-23-19-10-8-17(20)9-11-19/h3-11,18,22H,2,12-15H2,1H3/t18-/m1/s1. The van der Waals surface area contributed by atoms with Gasteiger partial charge in [0.2, 0.25) is 0 Å². The molecule has 1 atom stereocenters. The maximum Gasteiger partial charge on any atom is 0.119 e. The molecule has 4 heteroatoms. The van der Waals surface area contributed by atoms with Crippen molar-refractivity contribution in [3.63, 3.8) is 0 Å². The monoisotopic (exact) mass is 333 g/mol. The van der Waals surface area contributed by atoms with E-state index in [0.717, 1.165) is 25.3 Å². The summed E-state index contributed by atoms with van der Waals surface area (Å²) in [7, 11) is 0. The molecule has 0 amide bonds. The fraction of sp³-hybridized carbons (Fsp3) is 0.368. The summed E-state index contributed by atoms with van der Waals surface area (Å²) in [5.74, 6) is 0.721. The third-order valence-electron chi connectivity index (χ3n) is 3.51. The Morgan fingerprint density at radius 2 is 1.78 bits per heavy atom. The summed E-state index contributed by atoms with van der Waals surface area (Å²) in [6.07, 6.45) is 0.526. The lowest BCUT2D eigenvalue weighted by Crippen LogP contribution is -2.35. The first-order valence-corrected chi connectivity index (χ1v) is 8.38. The van der Waals surface area contributed by atoms with E-state index < -0.39 is 6.10 Å². The van der Waals surface area contributed by atoms with E-state index in [4.69, 9.17) is 16.3 Å². The topological polar surface area (TPSA) is 32.7 Å². The van der Waals surface area contributed by atoms with Gasteiger partial charge < -0.3 is 9.84 Å². The predicted molar refractivity (Wildman–Crippen MR) is 95.0 cm³/mol. The highest BCUT2D eigenvalue weighted by Crippen LogP contribution is 2.16. The van der Waals surface area contributed by atoms with Gasteiger partial charge in [0.05, 0.1) is 0 Å². The van der Waals surface area contributed by atoms with Crippen molar-refractivity contribution in [3.8, 4) is 5.75 Å². The van der Waals surface area contributed by atoms with Crippen LogP contribution >= 0.6 is 11.6 Å². The van der Waals surface area contributed by atoms with E-state index in [0.29, 0.717) is 11.6 Å². The van der Waals surface area contributed by atoms with Gasteiger partial charge in [0, 0.05) is 18.1 Å². The zero-order chi connectivity index (χ0) is 16.5. The molecule has 0 aliphatic carbocycles. The Morgan fingerprint density at radius 3 is 2.43 bits per heavy atom. The molecule has 0 aliphatic heterocycles. The molecule has 2 aromatic rings. The van der Waals surface area contributed by atoms with Crippen LogP contribution in [-0.2, 0) is 6.54 Å². The van der Waals surface area contributed by atoms with Gasteiger partial charge in [-0.2, -0.15) is 0 Å². The molecule has 2 rings (SSSR count). The minimum atomic E-state index is -0.527. The lowest BCUT2D eigenvalue weighted by atomic mass is 10.2. The second-order valence-corrected chi connectivity index (χ2v) is 6.08. The third kappa shape index (κ3) is 6.61. The van der Waals surface area contributed by atoms with Crippen molar-refractivity contribution in [2.24, 2.45) is 0 Å². The molecule has 0 fully saturated rings. The fourth-order valence-electron chi connectivity index (χ4n) is 2.47. The van der Waals surface area contributed by atoms with Crippen molar-refractivity contribution in [3.05, 3.63) is 65.2 Å². The highest BCUT2D eigenvalue weighted by atomic mass is 35.5. The quantitative estimate of drug-likeness (QED) is 0.753. The first kappa shape index (κ1) is 17.8. The fourth-order valence-corrected chi connectivity index (χ4v) is 2.59. The molecule has 0 bridgehead atoms. The van der Waals surface area contributed by atoms with Crippen molar-refractivity contribution < 1.29 is 9.84 Å². The van der Waals surface area contributed by atoms with Gasteiger partial charge in [-0.05, 0) is 42.8 Å². The summed E-state index contributed by atoms with van der Waals surface area (Å²) in [5.41, 5.74) is 1.26. The average Bonchev–Trinajstić information content (AvgIpc) is 2.55. The Kier molecular flexibility index (Phi) is 7.40. The Labute approximate surface area is 143 Å². The van der Waals surface area contributed by atoms with Gasteiger partial charge in [0.15, 0.2) is 0 Å². The van der Waals surface area contributed by atoms with E-state index in [9.17, 15) is 5.11 Å². The number of ether oxygens (including phenoxy) is 1. The van der Waals surface area contributed by atoms with E-state index in [1.165, 1.54) is 5.56 Å². The molecule has 0 saturated heterocycles. The molecule has 0 radical (unpaired) electrons. The Bertz CT molecular complexity index is 559. The molecule has 2 aromatic carbocycles. The number of nitrogens with zero attached hydrogens (tertiary/aromatic N) is 1. The Hall–Kier alpha value is -1.55. The number of aliphatic hydroxyl groups excluding tert-OH is 1. The molecule has 1 N–H and O–H groups in total. The van der Waals surface area contributed by atoms with Crippen molar-refractivity contribution >= 4 is 11.6 Å². The van der Waals surface area contributed by atoms with Crippen molar-refractivity contribution in [2.75, 3.05) is 19.7 Å². The molecule has 0 saturated carbocycles. The summed E-state index contributed by atoms with van der Waals surface area (Å²) in [4.78, 5) is 2.26. The second kappa shape index (κ2) is 9.56. The van der Waals surface area contributed by atoms with Gasteiger partial charge in [-0.3, -0.25) is 4.90 Å². The number of benzene rings is 2. The van der Waals surface area contributed by atoms with Crippen molar-refractivity contribution in [2.45, 2.75) is 26.0 Å². The van der Waals surface area contributed by atoms with Crippen molar-refractivity contribution in [1.82, 2.24) is 4.90 Å². The van der Waals surface area contributed by atoms with Crippen LogP contribution < -0.4 is 4.74 Å². The summed E-state index contributed by atoms with van der Waals surface area (Å²) in [6, 6.07) is 17.5. The zero-order valence-electron chi connectivity index (χ0n) is 13.5. The lowest BCUT2D eigenvalue weighted by molar-refractivity contribution is 0.0656. The number of aliphatic hydroxyl groups is 1. The van der Waals surface area contributed by atoms with Crippen molar-refractivity contribution in [1.29, 1.82) is 0 Å². The van der Waals surface area contributed by atoms with E-state index in [2.05, 4.69) is 24.0 Å². The molecule has 3 nitrogen and oxygen atoms in total. The summed E-state index contributed by atoms with van der Waals surface area (Å²) >= 11 is 5.84. The van der Waals surface area contributed by atoms with E-state index in [1.54, 1.807) is 12.1 Å². The molecule has 0 spiro atoms. The molecule has 124 valence electrons. The predicted octanol–water partition coefficient (Wildman–Crippen LogP) is 3.99. The van der Waals surface area contributed by atoms with Gasteiger partial charge in [0.1, 0.15) is 18.5 Å². The molecule has 0 heterocycles. The maximum absolute atomic E-state index is 10.2. The minimum Gasteiger partial charge on any atom is -0.491 e. The second-order valence-electron chi connectivity index (χ2n) is 5.64. The van der Waals surface area contributed by atoms with Gasteiger partial charge in [-0.15, -0.1) is 0 Å². The molecule has 0 aliphatic rings. The minimum absolute atomic E-state index is 0.274. The number of hydrogen-bond donors (Lipinski definition) is 1. The molecular weight excluding hydrogens is 310 g/mol. The van der Waals surface area contributed by atoms with E-state index in [-0.39, 0.29) is 6.61 Å². The highest BCUT2D eigenvalue weighted by molar-refractivity contribution is 6.30. The van der Waals surface area contributed by atoms with Crippen LogP contribution in [0.1, 0.15) is 18.9 Å². The number of halogens is 1. The maximum atomic E-state index is 10.2. The number of rotatable bonds is 9. The van der Waals surface area contributed by atoms with Gasteiger partial charge in [0.25, 0.3) is 0 Å². The third-order valence-corrected chi connectivity index (χ3v) is 3.77. The van der Waals surface area contributed by atoms with Crippen LogP contribution in [0.4, 0.5) is 0 Å². The SMILES string of the molecule is CCCN(Cc1ccccc1)C[C@@H](O)COc1ccc(Cl)cc1. The van der Waals surface area contributed by atoms with Crippen LogP contribution in [0.2, 0.25) is 5.02 Å². The Morgan fingerprint density at radius 1 is 1.09 bits per heavy atom. The first-order chi connectivity index (χ1) is 11.2. The molecule has 0 unspecified atom stereocenters. The molecule has 23 heavy (non-hydrogen) atoms. The molecule has 0 aromatic heterocycles. The van der Waals surface area contributed by atoms with Crippen LogP contribution in [0, 0.1) is 0 Å². The van der Waals surface area contributed by atoms with Crippen LogP contribution in [-0.4, -0.2) is 35.8 Å². The average molecular weight is 334 g/mol. The van der Waals surface area contributed by atoms with Gasteiger partial charge in [-0.25, -0.2) is 0 Å². The van der Waals surface area contributed by atoms with Crippen LogP contribution in [0.5, 0.6) is 5.75 Å². The van der Waals surface area contributed by atoms with Crippen LogP contribution in [0.3, 0.4) is 0 Å². The normalized spacial score (nSPS) is 12.3. The largest absolute Gasteiger partial charge is 0.491 e. The summed E-state index contributed by atoms with van der Waals surface area (Å²) in [5, 5.41) is 10.9. The zero-order valence-corrected chi connectivity index (χ0v) is 14.2. The van der Waals surface area contributed by atoms with E-state index in [1.807, 2.05) is 30.3 Å².